The van der Waals surface area contributed by atoms with Gasteiger partial charge in [-0.2, -0.15) is 0 Å². The van der Waals surface area contributed by atoms with Crippen LogP contribution in [0.1, 0.15) is 13.3 Å². The van der Waals surface area contributed by atoms with E-state index >= 15 is 0 Å². The van der Waals surface area contributed by atoms with Gasteiger partial charge in [0.15, 0.2) is 0 Å². The molecule has 0 spiro atoms. The van der Waals surface area contributed by atoms with Crippen LogP contribution in [0.3, 0.4) is 0 Å². The summed E-state index contributed by atoms with van der Waals surface area (Å²) >= 11 is 0. The van der Waals surface area contributed by atoms with Gasteiger partial charge in [0.1, 0.15) is 5.78 Å². The van der Waals surface area contributed by atoms with E-state index in [1.54, 1.807) is 0 Å². The van der Waals surface area contributed by atoms with E-state index < -0.39 is 0 Å². The summed E-state index contributed by atoms with van der Waals surface area (Å²) in [6, 6.07) is 0. The fourth-order valence-electron chi connectivity index (χ4n) is 0.278. The van der Waals surface area contributed by atoms with Crippen LogP contribution in [0, 0.1) is 0 Å². The summed E-state index contributed by atoms with van der Waals surface area (Å²) < 4.78 is 0. The van der Waals surface area contributed by atoms with Gasteiger partial charge in [0.25, 0.3) is 0 Å². The van der Waals surface area contributed by atoms with Crippen molar-refractivity contribution >= 4 is 5.78 Å². The van der Waals surface area contributed by atoms with Crippen molar-refractivity contribution in [1.29, 1.82) is 0 Å². The molecule has 0 saturated carbocycles. The van der Waals surface area contributed by atoms with Crippen LogP contribution in [-0.2, 0) is 4.79 Å². The van der Waals surface area contributed by atoms with Crippen LogP contribution in [0.5, 0.6) is 0 Å². The van der Waals surface area contributed by atoms with Gasteiger partial charge in [0.05, 0.1) is 0 Å². The van der Waals surface area contributed by atoms with Crippen LogP contribution in [-0.4, -0.2) is 5.78 Å². The first kappa shape index (κ1) is 11.0. The van der Waals surface area contributed by atoms with E-state index in [1.807, 2.05) is 0 Å². The molecule has 54 valence electrons. The van der Waals surface area contributed by atoms with Crippen molar-refractivity contribution in [3.63, 3.8) is 0 Å². The zero-order chi connectivity index (χ0) is 7.86. The Labute approximate surface area is 54.1 Å². The number of rotatable bonds is 2. The van der Waals surface area contributed by atoms with Gasteiger partial charge >= 0.3 is 0 Å². The van der Waals surface area contributed by atoms with Crippen molar-refractivity contribution in [1.82, 2.24) is 0 Å². The van der Waals surface area contributed by atoms with Crippen LogP contribution in [0.2, 0.25) is 0 Å². The molecule has 0 bridgehead atoms. The molecule has 0 rings (SSSR count). The molecule has 0 radical (unpaired) electrons. The molecule has 4 nitrogen and oxygen atoms in total. The summed E-state index contributed by atoms with van der Waals surface area (Å²) in [7, 11) is 0. The van der Waals surface area contributed by atoms with Gasteiger partial charge in [-0.25, -0.2) is 0 Å². The average Bonchev–Trinajstić information content (AvgIpc) is 1.68. The molecular formula is C5H11N2O2-. The monoisotopic (exact) mass is 131 g/mol. The molecule has 0 aromatic carbocycles. The van der Waals surface area contributed by atoms with E-state index in [1.165, 1.54) is 6.92 Å². The lowest BCUT2D eigenvalue weighted by Gasteiger charge is -2.02. The maximum Gasteiger partial charge on any atom is 0.132 e. The van der Waals surface area contributed by atoms with Crippen molar-refractivity contribution in [3.05, 3.63) is 12.3 Å². The molecular weight excluding hydrogens is 120 g/mol. The molecule has 0 saturated heterocycles. The smallest absolute Gasteiger partial charge is 0.132 e. The maximum atomic E-state index is 9.99. The highest BCUT2D eigenvalue weighted by Gasteiger charge is 1.84. The molecule has 0 atom stereocenters. The lowest BCUT2D eigenvalue weighted by Crippen LogP contribution is -2.05. The third-order valence-electron chi connectivity index (χ3n) is 0.446. The summed E-state index contributed by atoms with van der Waals surface area (Å²) in [6.45, 7) is 4.38. The van der Waals surface area contributed by atoms with Gasteiger partial charge in [0, 0.05) is 6.42 Å². The minimum Gasteiger partial charge on any atom is -0.876 e. The number of carbonyl (C=O) groups excluding carboxylic acids is 1. The largest absolute Gasteiger partial charge is 0.876 e. The number of hydrogen-bond acceptors (Lipinski definition) is 4. The van der Waals surface area contributed by atoms with Crippen LogP contribution >= 0.6 is 0 Å². The molecule has 0 aromatic rings. The van der Waals surface area contributed by atoms with Gasteiger partial charge in [0.2, 0.25) is 0 Å². The molecule has 4 heteroatoms. The van der Waals surface area contributed by atoms with E-state index in [9.17, 15) is 9.90 Å². The number of Topliss-reactive ketones (excluding diaryl/α,β-unsaturated/α-hetero) is 1. The molecule has 0 aliphatic rings. The second-order valence-corrected chi connectivity index (χ2v) is 1.42. The van der Waals surface area contributed by atoms with E-state index in [-0.39, 0.29) is 18.0 Å². The fourth-order valence-corrected chi connectivity index (χ4v) is 0.278. The standard InChI is InChI=1S/C5H8O2.H4N2/c1-4(6)3-5(2)7;1-2/h6H,1,3H2,2H3;1-2H2/p-1. The van der Waals surface area contributed by atoms with Crippen molar-refractivity contribution in [2.75, 3.05) is 0 Å². The first-order valence-corrected chi connectivity index (χ1v) is 2.30. The van der Waals surface area contributed by atoms with Crippen LogP contribution in [0.25, 0.3) is 0 Å². The van der Waals surface area contributed by atoms with Gasteiger partial charge < -0.3 is 5.11 Å². The minimum absolute atomic E-state index is 0.0278. The molecule has 0 heterocycles. The van der Waals surface area contributed by atoms with Crippen LogP contribution < -0.4 is 16.8 Å². The Morgan fingerprint density at radius 3 is 2.00 bits per heavy atom. The molecule has 9 heavy (non-hydrogen) atoms. The normalized spacial score (nSPS) is 7.00. The van der Waals surface area contributed by atoms with Gasteiger partial charge in [-0.3, -0.25) is 16.5 Å². The molecule has 0 amide bonds. The van der Waals surface area contributed by atoms with Crippen LogP contribution in [0.15, 0.2) is 12.3 Å². The lowest BCUT2D eigenvalue weighted by molar-refractivity contribution is -0.304. The highest BCUT2D eigenvalue weighted by atomic mass is 16.3. The second-order valence-electron chi connectivity index (χ2n) is 1.42. The predicted octanol–water partition coefficient (Wildman–Crippen LogP) is -1.34. The SMILES string of the molecule is C=C([O-])CC(C)=O.NN. The second kappa shape index (κ2) is 7.13. The summed E-state index contributed by atoms with van der Waals surface area (Å²) in [6.07, 6.45) is -0.0278. The molecule has 4 N–H and O–H groups in total. The maximum absolute atomic E-state index is 9.99. The van der Waals surface area contributed by atoms with Crippen LogP contribution in [0.4, 0.5) is 0 Å². The van der Waals surface area contributed by atoms with Gasteiger partial charge in [-0.15, -0.1) is 12.3 Å². The number of hydrogen-bond donors (Lipinski definition) is 2. The topological polar surface area (TPSA) is 92.2 Å². The van der Waals surface area contributed by atoms with E-state index in [4.69, 9.17) is 0 Å². The molecule has 0 aliphatic carbocycles. The highest BCUT2D eigenvalue weighted by Crippen LogP contribution is 1.85. The summed E-state index contributed by atoms with van der Waals surface area (Å²) in [5.41, 5.74) is 0. The first-order chi connectivity index (χ1) is 4.13. The zero-order valence-electron chi connectivity index (χ0n) is 5.39. The molecule has 0 fully saturated rings. The molecule has 0 aromatic heterocycles. The molecule has 0 unspecified atom stereocenters. The Bertz CT molecular complexity index is 89.1. The predicted molar refractivity (Wildman–Crippen MR) is 32.8 cm³/mol. The van der Waals surface area contributed by atoms with Gasteiger partial charge in [-0.05, 0) is 6.92 Å². The van der Waals surface area contributed by atoms with Gasteiger partial charge in [-0.1, -0.05) is 0 Å². The van der Waals surface area contributed by atoms with Crippen molar-refractivity contribution in [2.24, 2.45) is 11.7 Å². The Morgan fingerprint density at radius 1 is 1.67 bits per heavy atom. The fraction of sp³-hybridized carbons (Fsp3) is 0.400. The number of carbonyl (C=O) groups is 1. The summed E-state index contributed by atoms with van der Waals surface area (Å²) in [5.74, 6) is 7.56. The third-order valence-corrected chi connectivity index (χ3v) is 0.446. The van der Waals surface area contributed by atoms with Crippen molar-refractivity contribution in [2.45, 2.75) is 13.3 Å². The average molecular weight is 131 g/mol. The Kier molecular flexibility index (Phi) is 8.71. The first-order valence-electron chi connectivity index (χ1n) is 2.30. The number of hydrazine groups is 1. The number of nitrogens with two attached hydrogens (primary N) is 2. The number of ketones is 1. The summed E-state index contributed by atoms with van der Waals surface area (Å²) in [4.78, 5) is 9.99. The Morgan fingerprint density at radius 2 is 2.00 bits per heavy atom. The molecule has 0 aliphatic heterocycles. The van der Waals surface area contributed by atoms with E-state index in [2.05, 4.69) is 18.3 Å². The van der Waals surface area contributed by atoms with Crippen molar-refractivity contribution < 1.29 is 9.90 Å². The third kappa shape index (κ3) is 19.2. The Hall–Kier alpha value is -0.870. The van der Waals surface area contributed by atoms with E-state index in [0.717, 1.165) is 0 Å². The quantitative estimate of drug-likeness (QED) is 0.275. The Balaban J connectivity index is 0. The number of allylic oxidation sites excluding steroid dienone is 1. The minimum atomic E-state index is -0.312. The van der Waals surface area contributed by atoms with E-state index in [0.29, 0.717) is 0 Å². The van der Waals surface area contributed by atoms with Crippen molar-refractivity contribution in [3.8, 4) is 0 Å². The highest BCUT2D eigenvalue weighted by molar-refractivity contribution is 5.77. The summed E-state index contributed by atoms with van der Waals surface area (Å²) in [5, 5.41) is 9.92. The zero-order valence-corrected chi connectivity index (χ0v) is 5.39. The lowest BCUT2D eigenvalue weighted by atomic mass is 10.3.